The standard InChI is InChI=1S/C13H9ClFIN2O/c14-7-1-4-11(16)9(5-7)13(19)18-8-2-3-10(15)12(17)6-8/h1-6H,17H2,(H,18,19). The first kappa shape index (κ1) is 14.1. The van der Waals surface area contributed by atoms with Gasteiger partial charge in [-0.3, -0.25) is 4.79 Å². The van der Waals surface area contributed by atoms with Crippen LogP contribution < -0.4 is 11.1 Å². The SMILES string of the molecule is Nc1cc(NC(=O)c2cc(Cl)ccc2I)ccc1F. The van der Waals surface area contributed by atoms with Gasteiger partial charge in [0.15, 0.2) is 0 Å². The Morgan fingerprint density at radius 2 is 2.00 bits per heavy atom. The van der Waals surface area contributed by atoms with Crippen molar-refractivity contribution < 1.29 is 9.18 Å². The molecule has 2 rings (SSSR count). The number of carbonyl (C=O) groups excluding carboxylic acids is 1. The number of carbonyl (C=O) groups is 1. The number of amides is 1. The summed E-state index contributed by atoms with van der Waals surface area (Å²) in [5.41, 5.74) is 6.31. The van der Waals surface area contributed by atoms with Crippen LogP contribution in [-0.4, -0.2) is 5.91 Å². The lowest BCUT2D eigenvalue weighted by Crippen LogP contribution is -2.13. The van der Waals surface area contributed by atoms with E-state index < -0.39 is 5.82 Å². The third kappa shape index (κ3) is 3.36. The van der Waals surface area contributed by atoms with Crippen LogP contribution in [0.2, 0.25) is 5.02 Å². The summed E-state index contributed by atoms with van der Waals surface area (Å²) in [6.07, 6.45) is 0. The van der Waals surface area contributed by atoms with Gasteiger partial charge in [0.2, 0.25) is 0 Å². The van der Waals surface area contributed by atoms with E-state index in [1.807, 2.05) is 22.6 Å². The molecule has 0 atom stereocenters. The number of hydrogen-bond donors (Lipinski definition) is 2. The van der Waals surface area contributed by atoms with Crippen LogP contribution in [0.1, 0.15) is 10.4 Å². The van der Waals surface area contributed by atoms with Crippen LogP contribution in [0.4, 0.5) is 15.8 Å². The van der Waals surface area contributed by atoms with Crippen molar-refractivity contribution in [2.24, 2.45) is 0 Å². The number of hydrogen-bond acceptors (Lipinski definition) is 2. The molecule has 3 N–H and O–H groups in total. The van der Waals surface area contributed by atoms with Crippen molar-refractivity contribution in [1.82, 2.24) is 0 Å². The van der Waals surface area contributed by atoms with Gasteiger partial charge in [-0.2, -0.15) is 0 Å². The van der Waals surface area contributed by atoms with Gasteiger partial charge < -0.3 is 11.1 Å². The Kier molecular flexibility index (Phi) is 4.26. The minimum absolute atomic E-state index is 0.0152. The molecule has 0 heterocycles. The molecular weight excluding hydrogens is 382 g/mol. The third-order valence-electron chi connectivity index (χ3n) is 2.43. The zero-order valence-corrected chi connectivity index (χ0v) is 12.5. The number of halogens is 3. The zero-order chi connectivity index (χ0) is 14.0. The lowest BCUT2D eigenvalue weighted by atomic mass is 10.2. The van der Waals surface area contributed by atoms with Crippen LogP contribution in [0.5, 0.6) is 0 Å². The van der Waals surface area contributed by atoms with Gasteiger partial charge in [0.25, 0.3) is 5.91 Å². The molecule has 0 fully saturated rings. The van der Waals surface area contributed by atoms with Crippen LogP contribution in [0.15, 0.2) is 36.4 Å². The van der Waals surface area contributed by atoms with Gasteiger partial charge in [-0.1, -0.05) is 11.6 Å². The summed E-state index contributed by atoms with van der Waals surface area (Å²) in [4.78, 5) is 12.1. The Morgan fingerprint density at radius 3 is 2.68 bits per heavy atom. The summed E-state index contributed by atoms with van der Waals surface area (Å²) >= 11 is 7.90. The van der Waals surface area contributed by atoms with E-state index in [2.05, 4.69) is 5.32 Å². The predicted molar refractivity (Wildman–Crippen MR) is 82.9 cm³/mol. The quantitative estimate of drug-likeness (QED) is 0.603. The summed E-state index contributed by atoms with van der Waals surface area (Å²) in [5.74, 6) is -0.840. The number of anilines is 2. The van der Waals surface area contributed by atoms with Crippen LogP contribution in [0.25, 0.3) is 0 Å². The Hall–Kier alpha value is -1.34. The molecule has 3 nitrogen and oxygen atoms in total. The number of nitrogen functional groups attached to an aromatic ring is 1. The maximum Gasteiger partial charge on any atom is 0.256 e. The molecule has 0 saturated carbocycles. The molecule has 0 aliphatic heterocycles. The number of nitrogens with two attached hydrogens (primary N) is 1. The van der Waals surface area contributed by atoms with Gasteiger partial charge in [-0.15, -0.1) is 0 Å². The maximum absolute atomic E-state index is 13.0. The second-order valence-corrected chi connectivity index (χ2v) is 5.41. The smallest absolute Gasteiger partial charge is 0.256 e. The number of nitrogens with one attached hydrogen (secondary N) is 1. The Morgan fingerprint density at radius 1 is 1.26 bits per heavy atom. The lowest BCUT2D eigenvalue weighted by Gasteiger charge is -2.08. The van der Waals surface area contributed by atoms with Gasteiger partial charge in [-0.25, -0.2) is 4.39 Å². The second-order valence-electron chi connectivity index (χ2n) is 3.81. The average Bonchev–Trinajstić information content (AvgIpc) is 2.36. The molecule has 2 aromatic rings. The molecule has 0 aliphatic carbocycles. The monoisotopic (exact) mass is 390 g/mol. The van der Waals surface area contributed by atoms with E-state index in [-0.39, 0.29) is 11.6 Å². The van der Waals surface area contributed by atoms with Crippen LogP contribution in [0.3, 0.4) is 0 Å². The molecule has 19 heavy (non-hydrogen) atoms. The highest BCUT2D eigenvalue weighted by atomic mass is 127. The van der Waals surface area contributed by atoms with Crippen molar-refractivity contribution in [3.63, 3.8) is 0 Å². The molecule has 2 aromatic carbocycles. The molecule has 0 aromatic heterocycles. The Labute approximate surface area is 128 Å². The Balaban J connectivity index is 2.25. The van der Waals surface area contributed by atoms with Crippen molar-refractivity contribution in [3.8, 4) is 0 Å². The van der Waals surface area contributed by atoms with Crippen molar-refractivity contribution >= 4 is 51.5 Å². The molecule has 98 valence electrons. The van der Waals surface area contributed by atoms with E-state index >= 15 is 0 Å². The van der Waals surface area contributed by atoms with Crippen molar-refractivity contribution in [1.29, 1.82) is 0 Å². The molecule has 0 unspecified atom stereocenters. The molecule has 0 spiro atoms. The number of rotatable bonds is 2. The van der Waals surface area contributed by atoms with Crippen LogP contribution >= 0.6 is 34.2 Å². The van der Waals surface area contributed by atoms with Crippen molar-refractivity contribution in [3.05, 3.63) is 56.4 Å². The minimum atomic E-state index is -0.518. The van der Waals surface area contributed by atoms with Gasteiger partial charge in [0.05, 0.1) is 11.3 Å². The molecule has 0 aliphatic rings. The van der Waals surface area contributed by atoms with E-state index in [4.69, 9.17) is 17.3 Å². The molecule has 0 radical (unpaired) electrons. The largest absolute Gasteiger partial charge is 0.396 e. The van der Waals surface area contributed by atoms with E-state index in [1.165, 1.54) is 18.2 Å². The summed E-state index contributed by atoms with van der Waals surface area (Å²) in [5, 5.41) is 3.12. The summed E-state index contributed by atoms with van der Waals surface area (Å²) in [6.45, 7) is 0. The highest BCUT2D eigenvalue weighted by Crippen LogP contribution is 2.21. The first-order valence-electron chi connectivity index (χ1n) is 5.29. The molecular formula is C13H9ClFIN2O. The fourth-order valence-corrected chi connectivity index (χ4v) is 2.24. The zero-order valence-electron chi connectivity index (χ0n) is 9.58. The van der Waals surface area contributed by atoms with Gasteiger partial charge in [0.1, 0.15) is 5.82 Å². The average molecular weight is 391 g/mol. The normalized spacial score (nSPS) is 10.3. The second kappa shape index (κ2) is 5.75. The predicted octanol–water partition coefficient (Wildman–Crippen LogP) is 3.92. The lowest BCUT2D eigenvalue weighted by molar-refractivity contribution is 0.102. The highest BCUT2D eigenvalue weighted by Gasteiger charge is 2.11. The fourth-order valence-electron chi connectivity index (χ4n) is 1.49. The Bertz CT molecular complexity index is 649. The van der Waals surface area contributed by atoms with E-state index in [0.29, 0.717) is 16.3 Å². The first-order chi connectivity index (χ1) is 8.97. The molecule has 0 saturated heterocycles. The van der Waals surface area contributed by atoms with Crippen LogP contribution in [-0.2, 0) is 0 Å². The topological polar surface area (TPSA) is 55.1 Å². The van der Waals surface area contributed by atoms with E-state index in [9.17, 15) is 9.18 Å². The minimum Gasteiger partial charge on any atom is -0.396 e. The molecule has 0 bridgehead atoms. The summed E-state index contributed by atoms with van der Waals surface area (Å²) in [7, 11) is 0. The third-order valence-corrected chi connectivity index (χ3v) is 3.60. The van der Waals surface area contributed by atoms with E-state index in [1.54, 1.807) is 18.2 Å². The maximum atomic E-state index is 13.0. The van der Waals surface area contributed by atoms with Gasteiger partial charge in [0, 0.05) is 14.3 Å². The number of benzene rings is 2. The van der Waals surface area contributed by atoms with Gasteiger partial charge in [-0.05, 0) is 59.0 Å². The van der Waals surface area contributed by atoms with Crippen LogP contribution in [0, 0.1) is 9.39 Å². The summed E-state index contributed by atoms with van der Waals surface area (Å²) < 4.78 is 13.8. The highest BCUT2D eigenvalue weighted by molar-refractivity contribution is 14.1. The fraction of sp³-hybridized carbons (Fsp3) is 0. The first-order valence-corrected chi connectivity index (χ1v) is 6.74. The van der Waals surface area contributed by atoms with Crippen molar-refractivity contribution in [2.45, 2.75) is 0 Å². The van der Waals surface area contributed by atoms with Gasteiger partial charge >= 0.3 is 0 Å². The molecule has 1 amide bonds. The van der Waals surface area contributed by atoms with Crippen molar-refractivity contribution in [2.75, 3.05) is 11.1 Å². The summed E-state index contributed by atoms with van der Waals surface area (Å²) in [6, 6.07) is 9.04. The van der Waals surface area contributed by atoms with E-state index in [0.717, 1.165) is 3.57 Å². The molecule has 6 heteroatoms.